The Morgan fingerprint density at radius 3 is 2.45 bits per heavy atom. The Kier molecular flexibility index (Phi) is 6.98. The van der Waals surface area contributed by atoms with Gasteiger partial charge in [0.05, 0.1) is 6.67 Å². The van der Waals surface area contributed by atoms with Crippen LogP contribution in [-0.4, -0.2) is 25.1 Å². The third-order valence-electron chi connectivity index (χ3n) is 1.69. The van der Waals surface area contributed by atoms with Crippen LogP contribution >= 0.6 is 11.6 Å². The second-order valence-corrected chi connectivity index (χ2v) is 3.31. The molecule has 1 N–H and O–H groups in total. The highest BCUT2D eigenvalue weighted by Crippen LogP contribution is 2.02. The summed E-state index contributed by atoms with van der Waals surface area (Å²) in [6, 6.07) is 0.322. The zero-order valence-corrected chi connectivity index (χ0v) is 7.99. The molecule has 0 aliphatic heterocycles. The van der Waals surface area contributed by atoms with Crippen molar-refractivity contribution in [2.45, 2.75) is 26.3 Å². The van der Waals surface area contributed by atoms with Crippen molar-refractivity contribution in [3.05, 3.63) is 0 Å². The predicted octanol–water partition coefficient (Wildman–Crippen LogP) is 2.20. The third kappa shape index (κ3) is 5.45. The summed E-state index contributed by atoms with van der Waals surface area (Å²) >= 11 is 5.69. The van der Waals surface area contributed by atoms with Crippen LogP contribution in [0.3, 0.4) is 0 Å². The molecule has 1 nitrogen and oxygen atoms in total. The van der Waals surface area contributed by atoms with Gasteiger partial charge in [0.15, 0.2) is 0 Å². The van der Waals surface area contributed by atoms with E-state index >= 15 is 0 Å². The molecule has 3 heteroatoms. The fourth-order valence-corrected chi connectivity index (χ4v) is 1.29. The van der Waals surface area contributed by atoms with E-state index in [4.69, 9.17) is 11.6 Å². The molecule has 1 unspecified atom stereocenters. The van der Waals surface area contributed by atoms with Gasteiger partial charge in [0.2, 0.25) is 0 Å². The summed E-state index contributed by atoms with van der Waals surface area (Å²) in [5.41, 5.74) is 0. The van der Waals surface area contributed by atoms with Gasteiger partial charge in [0, 0.05) is 11.9 Å². The summed E-state index contributed by atoms with van der Waals surface area (Å²) in [4.78, 5) is 0. The fourth-order valence-electron chi connectivity index (χ4n) is 0.823. The average Bonchev–Trinajstić information content (AvgIpc) is 1.97. The molecule has 0 aromatic rings. The standard InChI is InChI=1S/C8H17ClFN/c1-7(2)8(6-9)11-5-3-4-10/h7-8,11H,3-6H2,1-2H3. The van der Waals surface area contributed by atoms with Gasteiger partial charge in [-0.05, 0) is 18.9 Å². The molecule has 0 saturated carbocycles. The highest BCUT2D eigenvalue weighted by Gasteiger charge is 2.09. The van der Waals surface area contributed by atoms with Crippen molar-refractivity contribution in [3.8, 4) is 0 Å². The van der Waals surface area contributed by atoms with E-state index in [-0.39, 0.29) is 6.67 Å². The zero-order valence-electron chi connectivity index (χ0n) is 7.24. The molecule has 0 aromatic carbocycles. The van der Waals surface area contributed by atoms with Crippen LogP contribution in [0.1, 0.15) is 20.3 Å². The Hall–Kier alpha value is 0.180. The van der Waals surface area contributed by atoms with Crippen LogP contribution in [0.15, 0.2) is 0 Å². The van der Waals surface area contributed by atoms with E-state index in [9.17, 15) is 4.39 Å². The minimum Gasteiger partial charge on any atom is -0.312 e. The van der Waals surface area contributed by atoms with Crippen molar-refractivity contribution in [1.82, 2.24) is 5.32 Å². The summed E-state index contributed by atoms with van der Waals surface area (Å²) in [5.74, 6) is 1.12. The lowest BCUT2D eigenvalue weighted by Crippen LogP contribution is -2.36. The second kappa shape index (κ2) is 6.86. The molecule has 0 heterocycles. The average molecular weight is 182 g/mol. The SMILES string of the molecule is CC(C)C(CCl)NCCCF. The van der Waals surface area contributed by atoms with Gasteiger partial charge in [0.1, 0.15) is 0 Å². The van der Waals surface area contributed by atoms with Crippen molar-refractivity contribution in [2.24, 2.45) is 5.92 Å². The Balaban J connectivity index is 3.36. The maximum absolute atomic E-state index is 11.7. The number of halogens is 2. The van der Waals surface area contributed by atoms with Gasteiger partial charge in [-0.1, -0.05) is 13.8 Å². The second-order valence-electron chi connectivity index (χ2n) is 3.00. The Morgan fingerprint density at radius 1 is 1.45 bits per heavy atom. The largest absolute Gasteiger partial charge is 0.312 e. The minimum absolute atomic E-state index is 0.250. The first-order valence-corrected chi connectivity index (χ1v) is 4.61. The summed E-state index contributed by atoms with van der Waals surface area (Å²) in [7, 11) is 0. The van der Waals surface area contributed by atoms with Gasteiger partial charge in [-0.3, -0.25) is 4.39 Å². The first-order chi connectivity index (χ1) is 5.22. The normalized spacial score (nSPS) is 13.9. The highest BCUT2D eigenvalue weighted by atomic mass is 35.5. The predicted molar refractivity (Wildman–Crippen MR) is 47.9 cm³/mol. The molecule has 11 heavy (non-hydrogen) atoms. The topological polar surface area (TPSA) is 12.0 Å². The Labute approximate surface area is 73.3 Å². The van der Waals surface area contributed by atoms with E-state index in [1.165, 1.54) is 0 Å². The summed E-state index contributed by atoms with van der Waals surface area (Å²) < 4.78 is 11.7. The summed E-state index contributed by atoms with van der Waals surface area (Å²) in [6.07, 6.45) is 0.583. The van der Waals surface area contributed by atoms with Crippen LogP contribution < -0.4 is 5.32 Å². The molecular weight excluding hydrogens is 165 g/mol. The van der Waals surface area contributed by atoms with Crippen LogP contribution in [0, 0.1) is 5.92 Å². The summed E-state index contributed by atoms with van der Waals surface area (Å²) in [5, 5.41) is 3.20. The zero-order chi connectivity index (χ0) is 8.69. The quantitative estimate of drug-likeness (QED) is 0.490. The molecule has 0 bridgehead atoms. The van der Waals surface area contributed by atoms with Gasteiger partial charge < -0.3 is 5.32 Å². The molecule has 0 rings (SSSR count). The Bertz CT molecular complexity index is 88.2. The number of rotatable bonds is 6. The molecule has 0 radical (unpaired) electrons. The summed E-state index contributed by atoms with van der Waals surface area (Å²) in [6.45, 7) is 4.69. The van der Waals surface area contributed by atoms with E-state index in [0.29, 0.717) is 24.3 Å². The van der Waals surface area contributed by atoms with Crippen molar-refractivity contribution >= 4 is 11.6 Å². The third-order valence-corrected chi connectivity index (χ3v) is 2.02. The Morgan fingerprint density at radius 2 is 2.09 bits per heavy atom. The van der Waals surface area contributed by atoms with Crippen LogP contribution in [0.2, 0.25) is 0 Å². The van der Waals surface area contributed by atoms with Gasteiger partial charge in [0.25, 0.3) is 0 Å². The number of hydrogen-bond acceptors (Lipinski definition) is 1. The molecule has 1 atom stereocenters. The number of nitrogens with one attached hydrogen (secondary N) is 1. The van der Waals surface area contributed by atoms with Crippen LogP contribution in [0.5, 0.6) is 0 Å². The molecule has 0 aliphatic rings. The van der Waals surface area contributed by atoms with Gasteiger partial charge in [-0.15, -0.1) is 11.6 Å². The molecule has 0 aliphatic carbocycles. The highest BCUT2D eigenvalue weighted by molar-refractivity contribution is 6.18. The maximum atomic E-state index is 11.7. The van der Waals surface area contributed by atoms with E-state index in [0.717, 1.165) is 6.54 Å². The molecule has 0 fully saturated rings. The monoisotopic (exact) mass is 181 g/mol. The first-order valence-electron chi connectivity index (χ1n) is 4.07. The minimum atomic E-state index is -0.250. The maximum Gasteiger partial charge on any atom is 0.0906 e. The molecule has 68 valence electrons. The lowest BCUT2D eigenvalue weighted by atomic mass is 10.1. The lowest BCUT2D eigenvalue weighted by molar-refractivity contribution is 0.400. The van der Waals surface area contributed by atoms with Gasteiger partial charge in [-0.25, -0.2) is 0 Å². The van der Waals surface area contributed by atoms with Crippen molar-refractivity contribution in [3.63, 3.8) is 0 Å². The van der Waals surface area contributed by atoms with E-state index < -0.39 is 0 Å². The number of alkyl halides is 2. The lowest BCUT2D eigenvalue weighted by Gasteiger charge is -2.19. The van der Waals surface area contributed by atoms with Gasteiger partial charge >= 0.3 is 0 Å². The van der Waals surface area contributed by atoms with E-state index in [2.05, 4.69) is 19.2 Å². The molecule has 0 saturated heterocycles. The van der Waals surface area contributed by atoms with Gasteiger partial charge in [-0.2, -0.15) is 0 Å². The van der Waals surface area contributed by atoms with Crippen LogP contribution in [-0.2, 0) is 0 Å². The van der Waals surface area contributed by atoms with Crippen molar-refractivity contribution < 1.29 is 4.39 Å². The molecule has 0 aromatic heterocycles. The van der Waals surface area contributed by atoms with Crippen molar-refractivity contribution in [1.29, 1.82) is 0 Å². The van der Waals surface area contributed by atoms with E-state index in [1.807, 2.05) is 0 Å². The first kappa shape index (κ1) is 11.2. The van der Waals surface area contributed by atoms with Crippen molar-refractivity contribution in [2.75, 3.05) is 19.1 Å². The van der Waals surface area contributed by atoms with E-state index in [1.54, 1.807) is 0 Å². The number of hydrogen-bond donors (Lipinski definition) is 1. The molecular formula is C8H17ClFN. The smallest absolute Gasteiger partial charge is 0.0906 e. The fraction of sp³-hybridized carbons (Fsp3) is 1.00. The molecule has 0 amide bonds. The van der Waals surface area contributed by atoms with Crippen LogP contribution in [0.25, 0.3) is 0 Å². The molecule has 0 spiro atoms. The van der Waals surface area contributed by atoms with Crippen LogP contribution in [0.4, 0.5) is 4.39 Å².